The van der Waals surface area contributed by atoms with Gasteiger partial charge in [0.25, 0.3) is 0 Å². The Morgan fingerprint density at radius 2 is 1.82 bits per heavy atom. The van der Waals surface area contributed by atoms with Crippen LogP contribution in [-0.4, -0.2) is 40.6 Å². The highest BCUT2D eigenvalue weighted by molar-refractivity contribution is 5.83. The van der Waals surface area contributed by atoms with Crippen LogP contribution >= 0.6 is 0 Å². The van der Waals surface area contributed by atoms with E-state index in [4.69, 9.17) is 5.11 Å². The van der Waals surface area contributed by atoms with Gasteiger partial charge in [-0.2, -0.15) is 13.2 Å². The van der Waals surface area contributed by atoms with Gasteiger partial charge in [-0.1, -0.05) is 6.92 Å². The molecule has 0 aromatic rings. The van der Waals surface area contributed by atoms with Gasteiger partial charge in [0, 0.05) is 12.6 Å². The van der Waals surface area contributed by atoms with Crippen molar-refractivity contribution in [1.82, 2.24) is 4.90 Å². The fraction of sp³-hybridized carbons (Fsp3) is 0.800. The lowest BCUT2D eigenvalue weighted by molar-refractivity contribution is -0.192. The molecule has 17 heavy (non-hydrogen) atoms. The van der Waals surface area contributed by atoms with Crippen LogP contribution in [0.5, 0.6) is 0 Å². The standard InChI is InChI=1S/C10H14F3NO3/c1-5-3-4-14(9(17)10(11,12)13)6(2)7(5)8(15)16/h5-7H,3-4H2,1-2H3,(H,15,16)/t5-,6-,7-/m1/s1. The summed E-state index contributed by atoms with van der Waals surface area (Å²) in [5.74, 6) is -4.30. The van der Waals surface area contributed by atoms with Crippen molar-refractivity contribution in [3.8, 4) is 0 Å². The maximum atomic E-state index is 12.3. The lowest BCUT2D eigenvalue weighted by atomic mass is 9.81. The van der Waals surface area contributed by atoms with Gasteiger partial charge in [0.2, 0.25) is 0 Å². The first-order valence-electron chi connectivity index (χ1n) is 5.27. The molecule has 4 nitrogen and oxygen atoms in total. The van der Waals surface area contributed by atoms with Crippen LogP contribution in [0, 0.1) is 11.8 Å². The number of aliphatic carboxylic acids is 1. The molecule has 3 atom stereocenters. The van der Waals surface area contributed by atoms with Crippen LogP contribution in [0.1, 0.15) is 20.3 Å². The van der Waals surface area contributed by atoms with E-state index in [0.717, 1.165) is 0 Å². The molecule has 1 amide bonds. The molecule has 98 valence electrons. The Morgan fingerprint density at radius 1 is 1.29 bits per heavy atom. The number of amides is 1. The number of nitrogens with zero attached hydrogens (tertiary/aromatic N) is 1. The summed E-state index contributed by atoms with van der Waals surface area (Å²) in [7, 11) is 0. The minimum absolute atomic E-state index is 0.0511. The van der Waals surface area contributed by atoms with Crippen molar-refractivity contribution < 1.29 is 27.9 Å². The molecule has 1 saturated heterocycles. The first kappa shape index (κ1) is 13.8. The van der Waals surface area contributed by atoms with E-state index >= 15 is 0 Å². The van der Waals surface area contributed by atoms with Crippen LogP contribution in [0.3, 0.4) is 0 Å². The summed E-state index contributed by atoms with van der Waals surface area (Å²) in [6.07, 6.45) is -4.68. The number of halogens is 3. The second-order valence-corrected chi connectivity index (χ2v) is 4.37. The third-order valence-corrected chi connectivity index (χ3v) is 3.24. The van der Waals surface area contributed by atoms with Gasteiger partial charge in [0.15, 0.2) is 0 Å². The molecule has 1 fully saturated rings. The predicted molar refractivity (Wildman–Crippen MR) is 52.1 cm³/mol. The van der Waals surface area contributed by atoms with E-state index in [2.05, 4.69) is 0 Å². The molecule has 1 aliphatic heterocycles. The fourth-order valence-electron chi connectivity index (χ4n) is 2.29. The summed E-state index contributed by atoms with van der Waals surface area (Å²) in [6.45, 7) is 2.97. The number of carbonyl (C=O) groups is 2. The van der Waals surface area contributed by atoms with Crippen molar-refractivity contribution in [2.75, 3.05) is 6.54 Å². The Labute approximate surface area is 96.4 Å². The highest BCUT2D eigenvalue weighted by Gasteiger charge is 2.48. The molecule has 0 aliphatic carbocycles. The zero-order valence-electron chi connectivity index (χ0n) is 9.49. The number of carboxylic acid groups (broad SMARTS) is 1. The molecule has 1 rings (SSSR count). The summed E-state index contributed by atoms with van der Waals surface area (Å²) < 4.78 is 36.9. The summed E-state index contributed by atoms with van der Waals surface area (Å²) >= 11 is 0. The predicted octanol–water partition coefficient (Wildman–Crippen LogP) is 1.51. The zero-order chi connectivity index (χ0) is 13.4. The third kappa shape index (κ3) is 2.70. The highest BCUT2D eigenvalue weighted by atomic mass is 19.4. The van der Waals surface area contributed by atoms with E-state index in [1.165, 1.54) is 6.92 Å². The van der Waals surface area contributed by atoms with E-state index in [1.54, 1.807) is 6.92 Å². The monoisotopic (exact) mass is 253 g/mol. The topological polar surface area (TPSA) is 57.6 Å². The van der Waals surface area contributed by atoms with E-state index in [9.17, 15) is 22.8 Å². The van der Waals surface area contributed by atoms with Crippen LogP contribution in [0.4, 0.5) is 13.2 Å². The van der Waals surface area contributed by atoms with Crippen molar-refractivity contribution in [2.24, 2.45) is 11.8 Å². The van der Waals surface area contributed by atoms with Crippen LogP contribution in [-0.2, 0) is 9.59 Å². The molecule has 1 heterocycles. The van der Waals surface area contributed by atoms with Crippen LogP contribution in [0.15, 0.2) is 0 Å². The maximum absolute atomic E-state index is 12.3. The largest absolute Gasteiger partial charge is 0.481 e. The van der Waals surface area contributed by atoms with Crippen molar-refractivity contribution in [3.05, 3.63) is 0 Å². The number of hydrogen-bond acceptors (Lipinski definition) is 2. The summed E-state index contributed by atoms with van der Waals surface area (Å²) in [6, 6.07) is -0.939. The Balaban J connectivity index is 2.91. The lowest BCUT2D eigenvalue weighted by Gasteiger charge is -2.41. The van der Waals surface area contributed by atoms with E-state index in [0.29, 0.717) is 4.90 Å². The van der Waals surface area contributed by atoms with Crippen molar-refractivity contribution in [3.63, 3.8) is 0 Å². The van der Waals surface area contributed by atoms with Gasteiger partial charge in [0.05, 0.1) is 5.92 Å². The van der Waals surface area contributed by atoms with Gasteiger partial charge in [-0.3, -0.25) is 9.59 Å². The van der Waals surface area contributed by atoms with Gasteiger partial charge in [-0.05, 0) is 19.3 Å². The second kappa shape index (κ2) is 4.54. The summed E-state index contributed by atoms with van der Waals surface area (Å²) in [5, 5.41) is 8.96. The van der Waals surface area contributed by atoms with Gasteiger partial charge in [-0.15, -0.1) is 0 Å². The quantitative estimate of drug-likeness (QED) is 0.770. The third-order valence-electron chi connectivity index (χ3n) is 3.24. The first-order chi connectivity index (χ1) is 7.66. The van der Waals surface area contributed by atoms with Crippen LogP contribution in [0.2, 0.25) is 0 Å². The molecular formula is C10H14F3NO3. The molecular weight excluding hydrogens is 239 g/mol. The van der Waals surface area contributed by atoms with Gasteiger partial charge in [0.1, 0.15) is 0 Å². The molecule has 0 unspecified atom stereocenters. The lowest BCUT2D eigenvalue weighted by Crippen LogP contribution is -2.55. The molecule has 0 spiro atoms. The van der Waals surface area contributed by atoms with Gasteiger partial charge >= 0.3 is 18.1 Å². The molecule has 0 aromatic carbocycles. The number of likely N-dealkylation sites (tertiary alicyclic amines) is 1. The minimum atomic E-state index is -4.95. The smallest absolute Gasteiger partial charge is 0.471 e. The normalized spacial score (nSPS) is 30.2. The summed E-state index contributed by atoms with van der Waals surface area (Å²) in [4.78, 5) is 22.7. The number of hydrogen-bond donors (Lipinski definition) is 1. The van der Waals surface area contributed by atoms with Crippen molar-refractivity contribution in [1.29, 1.82) is 0 Å². The number of alkyl halides is 3. The van der Waals surface area contributed by atoms with Gasteiger partial charge in [-0.25, -0.2) is 0 Å². The van der Waals surface area contributed by atoms with E-state index in [-0.39, 0.29) is 18.9 Å². The Bertz CT molecular complexity index is 329. The molecule has 0 saturated carbocycles. The van der Waals surface area contributed by atoms with Crippen LogP contribution < -0.4 is 0 Å². The van der Waals surface area contributed by atoms with Gasteiger partial charge < -0.3 is 10.0 Å². The van der Waals surface area contributed by atoms with Crippen LogP contribution in [0.25, 0.3) is 0 Å². The average Bonchev–Trinajstić information content (AvgIpc) is 2.15. The number of carbonyl (C=O) groups excluding carboxylic acids is 1. The Kier molecular flexibility index (Phi) is 3.68. The Hall–Kier alpha value is -1.27. The fourth-order valence-corrected chi connectivity index (χ4v) is 2.29. The van der Waals surface area contributed by atoms with E-state index in [1.807, 2.05) is 0 Å². The average molecular weight is 253 g/mol. The molecule has 0 aromatic heterocycles. The number of piperidine rings is 1. The molecule has 0 bridgehead atoms. The maximum Gasteiger partial charge on any atom is 0.471 e. The molecule has 1 N–H and O–H groups in total. The minimum Gasteiger partial charge on any atom is -0.481 e. The Morgan fingerprint density at radius 3 is 2.24 bits per heavy atom. The SMILES string of the molecule is C[C@@H]1CCN(C(=O)C(F)(F)F)[C@H](C)[C@@H]1C(=O)O. The zero-order valence-corrected chi connectivity index (χ0v) is 9.49. The number of carboxylic acids is 1. The number of rotatable bonds is 1. The molecule has 0 radical (unpaired) electrons. The van der Waals surface area contributed by atoms with E-state index < -0.39 is 30.0 Å². The molecule has 1 aliphatic rings. The summed E-state index contributed by atoms with van der Waals surface area (Å²) in [5.41, 5.74) is 0. The van der Waals surface area contributed by atoms with Crippen molar-refractivity contribution in [2.45, 2.75) is 32.5 Å². The van der Waals surface area contributed by atoms with Crippen molar-refractivity contribution >= 4 is 11.9 Å². The first-order valence-corrected chi connectivity index (χ1v) is 5.27. The molecule has 7 heteroatoms. The highest BCUT2D eigenvalue weighted by Crippen LogP contribution is 2.32. The second-order valence-electron chi connectivity index (χ2n) is 4.37.